The van der Waals surface area contributed by atoms with E-state index in [9.17, 15) is 9.18 Å². The number of aromatic nitrogens is 2. The van der Waals surface area contributed by atoms with E-state index in [1.807, 2.05) is 30.3 Å². The minimum atomic E-state index is -0.800. The fraction of sp³-hybridized carbons (Fsp3) is 0.464. The molecule has 1 atom stereocenters. The first-order valence-electron chi connectivity index (χ1n) is 12.7. The van der Waals surface area contributed by atoms with Crippen molar-refractivity contribution in [3.8, 4) is 11.3 Å². The van der Waals surface area contributed by atoms with Gasteiger partial charge in [0.05, 0.1) is 24.3 Å². The van der Waals surface area contributed by atoms with Crippen molar-refractivity contribution >= 4 is 28.5 Å². The molecule has 2 aromatic heterocycles. The quantitative estimate of drug-likeness (QED) is 0.456. The van der Waals surface area contributed by atoms with Crippen molar-refractivity contribution in [2.75, 3.05) is 36.6 Å². The Morgan fingerprint density at radius 1 is 1.19 bits per heavy atom. The molecule has 196 valence electrons. The highest BCUT2D eigenvalue weighted by Gasteiger charge is 2.46. The normalized spacial score (nSPS) is 19.4. The Bertz CT molecular complexity index is 1270. The van der Waals surface area contributed by atoms with Crippen LogP contribution in [0.2, 0.25) is 0 Å². The van der Waals surface area contributed by atoms with Crippen LogP contribution < -0.4 is 10.2 Å². The summed E-state index contributed by atoms with van der Waals surface area (Å²) in [4.78, 5) is 23.2. The van der Waals surface area contributed by atoms with Gasteiger partial charge in [0, 0.05) is 29.4 Å². The molecule has 0 saturated carbocycles. The second-order valence-corrected chi connectivity index (χ2v) is 10.7. The Balaban J connectivity index is 1.27. The lowest BCUT2D eigenvalue weighted by atomic mass is 9.94. The van der Waals surface area contributed by atoms with Crippen LogP contribution >= 0.6 is 0 Å². The first-order chi connectivity index (χ1) is 17.7. The van der Waals surface area contributed by atoms with Crippen molar-refractivity contribution < 1.29 is 23.4 Å². The molecule has 4 heterocycles. The van der Waals surface area contributed by atoms with Gasteiger partial charge in [-0.2, -0.15) is 0 Å². The molecule has 1 amide bonds. The molecule has 37 heavy (non-hydrogen) atoms. The highest BCUT2D eigenvalue weighted by Crippen LogP contribution is 2.35. The maximum absolute atomic E-state index is 13.9. The van der Waals surface area contributed by atoms with Crippen molar-refractivity contribution in [2.24, 2.45) is 0 Å². The SMILES string of the molecule is CC(C)(C)OC(=O)Nc1cc(-c2ccc3cc(N4CC(CF)(OC5CCCCO5)C4)ccc3n2)ccn1. The van der Waals surface area contributed by atoms with Gasteiger partial charge in [-0.15, -0.1) is 0 Å². The number of fused-ring (bicyclic) bond motifs is 1. The van der Waals surface area contributed by atoms with Crippen LogP contribution in [-0.2, 0) is 14.2 Å². The molecule has 1 unspecified atom stereocenters. The van der Waals surface area contributed by atoms with Crippen LogP contribution in [0.25, 0.3) is 22.2 Å². The lowest BCUT2D eigenvalue weighted by molar-refractivity contribution is -0.235. The summed E-state index contributed by atoms with van der Waals surface area (Å²) in [5.74, 6) is 0.388. The van der Waals surface area contributed by atoms with Gasteiger partial charge in [-0.1, -0.05) is 6.07 Å². The summed E-state index contributed by atoms with van der Waals surface area (Å²) < 4.78 is 30.9. The largest absolute Gasteiger partial charge is 0.444 e. The standard InChI is InChI=1S/C28H33FN4O4/c1-27(2,3)37-26(34)32-24-15-20(11-12-30-24)22-9-7-19-14-21(8-10-23(19)31-22)33-17-28(16-29,18-33)36-25-6-4-5-13-35-25/h7-12,14-15,25H,4-6,13,16-18H2,1-3H3,(H,30,32,34). The van der Waals surface area contributed by atoms with Gasteiger partial charge in [0.15, 0.2) is 6.29 Å². The van der Waals surface area contributed by atoms with E-state index in [2.05, 4.69) is 21.3 Å². The second-order valence-electron chi connectivity index (χ2n) is 10.7. The molecule has 0 spiro atoms. The number of halogens is 1. The molecule has 1 N–H and O–H groups in total. The predicted octanol–water partition coefficient (Wildman–Crippen LogP) is 5.72. The minimum absolute atomic E-state index is 0.307. The molecule has 5 rings (SSSR count). The van der Waals surface area contributed by atoms with Crippen LogP contribution in [0.1, 0.15) is 40.0 Å². The van der Waals surface area contributed by atoms with E-state index < -0.39 is 24.0 Å². The van der Waals surface area contributed by atoms with Crippen molar-refractivity contribution in [3.63, 3.8) is 0 Å². The number of nitrogens with one attached hydrogen (secondary N) is 1. The Labute approximate surface area is 216 Å². The van der Waals surface area contributed by atoms with Crippen LogP contribution in [0, 0.1) is 0 Å². The van der Waals surface area contributed by atoms with Gasteiger partial charge in [0.25, 0.3) is 0 Å². The maximum atomic E-state index is 13.9. The molecule has 8 nitrogen and oxygen atoms in total. The zero-order valence-corrected chi connectivity index (χ0v) is 21.5. The number of pyridine rings is 2. The minimum Gasteiger partial charge on any atom is -0.444 e. The topological polar surface area (TPSA) is 85.8 Å². The van der Waals surface area contributed by atoms with Crippen LogP contribution in [0.4, 0.5) is 20.7 Å². The Morgan fingerprint density at radius 2 is 2.03 bits per heavy atom. The van der Waals surface area contributed by atoms with E-state index in [4.69, 9.17) is 19.2 Å². The molecule has 2 aliphatic rings. The third kappa shape index (κ3) is 5.99. The second kappa shape index (κ2) is 10.2. The molecule has 2 saturated heterocycles. The smallest absolute Gasteiger partial charge is 0.413 e. The van der Waals surface area contributed by atoms with E-state index in [1.54, 1.807) is 33.0 Å². The van der Waals surface area contributed by atoms with Gasteiger partial charge in [-0.05, 0) is 76.4 Å². The van der Waals surface area contributed by atoms with Crippen molar-refractivity contribution in [1.82, 2.24) is 9.97 Å². The Hall–Kier alpha value is -3.30. The summed E-state index contributed by atoms with van der Waals surface area (Å²) >= 11 is 0. The van der Waals surface area contributed by atoms with Crippen LogP contribution in [0.5, 0.6) is 0 Å². The average Bonchev–Trinajstić information content (AvgIpc) is 2.85. The molecule has 1 aromatic carbocycles. The number of nitrogens with zero attached hydrogens (tertiary/aromatic N) is 3. The average molecular weight is 509 g/mol. The molecule has 2 aliphatic heterocycles. The molecule has 2 fully saturated rings. The summed E-state index contributed by atoms with van der Waals surface area (Å²) in [5, 5.41) is 3.65. The molecule has 0 aliphatic carbocycles. The van der Waals surface area contributed by atoms with Gasteiger partial charge in [0.1, 0.15) is 23.7 Å². The number of hydrogen-bond acceptors (Lipinski definition) is 7. The lowest BCUT2D eigenvalue weighted by Gasteiger charge is -2.50. The number of rotatable bonds is 6. The molecular weight excluding hydrogens is 475 g/mol. The number of carbonyl (C=O) groups is 1. The number of benzene rings is 1. The number of hydrogen-bond donors (Lipinski definition) is 1. The fourth-order valence-corrected chi connectivity index (χ4v) is 4.64. The molecule has 0 radical (unpaired) electrons. The van der Waals surface area contributed by atoms with Gasteiger partial charge in [-0.3, -0.25) is 5.32 Å². The monoisotopic (exact) mass is 508 g/mol. The fourth-order valence-electron chi connectivity index (χ4n) is 4.64. The van der Waals surface area contributed by atoms with Crippen LogP contribution in [0.3, 0.4) is 0 Å². The maximum Gasteiger partial charge on any atom is 0.413 e. The van der Waals surface area contributed by atoms with Crippen molar-refractivity contribution in [2.45, 2.75) is 57.5 Å². The van der Waals surface area contributed by atoms with E-state index in [0.717, 1.165) is 47.1 Å². The number of anilines is 2. The first kappa shape index (κ1) is 25.4. The molecule has 9 heteroatoms. The van der Waals surface area contributed by atoms with Crippen LogP contribution in [0.15, 0.2) is 48.7 Å². The zero-order valence-electron chi connectivity index (χ0n) is 21.5. The van der Waals surface area contributed by atoms with Gasteiger partial charge < -0.3 is 19.1 Å². The number of ether oxygens (including phenoxy) is 3. The third-order valence-electron chi connectivity index (χ3n) is 6.44. The summed E-state index contributed by atoms with van der Waals surface area (Å²) in [6.07, 6.45) is 3.67. The summed E-state index contributed by atoms with van der Waals surface area (Å²) in [7, 11) is 0. The predicted molar refractivity (Wildman–Crippen MR) is 140 cm³/mol. The third-order valence-corrected chi connectivity index (χ3v) is 6.44. The van der Waals surface area contributed by atoms with Crippen LogP contribution in [-0.4, -0.2) is 59.9 Å². The van der Waals surface area contributed by atoms with Crippen molar-refractivity contribution in [1.29, 1.82) is 0 Å². The highest BCUT2D eigenvalue weighted by molar-refractivity contribution is 5.87. The van der Waals surface area contributed by atoms with E-state index >= 15 is 0 Å². The van der Waals surface area contributed by atoms with E-state index in [-0.39, 0.29) is 6.29 Å². The first-order valence-corrected chi connectivity index (χ1v) is 12.7. The van der Waals surface area contributed by atoms with E-state index in [1.165, 1.54) is 0 Å². The zero-order chi connectivity index (χ0) is 26.0. The molecular formula is C28H33FN4O4. The highest BCUT2D eigenvalue weighted by atomic mass is 19.1. The summed E-state index contributed by atoms with van der Waals surface area (Å²) in [5.41, 5.74) is 2.03. The van der Waals surface area contributed by atoms with Gasteiger partial charge >= 0.3 is 6.09 Å². The summed E-state index contributed by atoms with van der Waals surface area (Å²) in [6.45, 7) is 6.55. The number of carbonyl (C=O) groups excluding carboxylic acids is 1. The van der Waals surface area contributed by atoms with Gasteiger partial charge in [-0.25, -0.2) is 19.2 Å². The molecule has 0 bridgehead atoms. The van der Waals surface area contributed by atoms with E-state index in [0.29, 0.717) is 25.5 Å². The number of alkyl halides is 1. The Kier molecular flexibility index (Phi) is 7.00. The summed E-state index contributed by atoms with van der Waals surface area (Å²) in [6, 6.07) is 13.6. The molecule has 3 aromatic rings. The van der Waals surface area contributed by atoms with Crippen molar-refractivity contribution in [3.05, 3.63) is 48.7 Å². The lowest BCUT2D eigenvalue weighted by Crippen LogP contribution is -2.66. The van der Waals surface area contributed by atoms with Gasteiger partial charge in [0.2, 0.25) is 0 Å². The number of amides is 1. The Morgan fingerprint density at radius 3 is 2.76 bits per heavy atom.